The zero-order valence-corrected chi connectivity index (χ0v) is 14.8. The van der Waals surface area contributed by atoms with Gasteiger partial charge in [-0.05, 0) is 48.1 Å². The number of pyridine rings is 1. The van der Waals surface area contributed by atoms with Crippen molar-refractivity contribution in [1.82, 2.24) is 15.4 Å². The molecule has 25 heavy (non-hydrogen) atoms. The number of nitrogens with zero attached hydrogens (tertiary/aromatic N) is 2. The summed E-state index contributed by atoms with van der Waals surface area (Å²) in [6, 6.07) is 10.4. The number of benzene rings is 1. The molecule has 1 aromatic heterocycles. The van der Waals surface area contributed by atoms with Gasteiger partial charge in [-0.3, -0.25) is 20.0 Å². The van der Waals surface area contributed by atoms with Crippen molar-refractivity contribution in [2.75, 3.05) is 7.11 Å². The van der Waals surface area contributed by atoms with E-state index in [0.717, 1.165) is 28.1 Å². The molecule has 0 bridgehead atoms. The summed E-state index contributed by atoms with van der Waals surface area (Å²) >= 11 is 6.33. The van der Waals surface area contributed by atoms with Gasteiger partial charge in [0.05, 0.1) is 12.0 Å². The lowest BCUT2D eigenvalue weighted by atomic mass is 10.2. The number of nitrogens with one attached hydrogen (secondary N) is 1. The molecule has 2 amide bonds. The van der Waals surface area contributed by atoms with E-state index < -0.39 is 5.91 Å². The normalized spacial score (nSPS) is 15.6. The number of thiocarbonyl (C=S) groups is 1. The van der Waals surface area contributed by atoms with Crippen molar-refractivity contribution in [3.05, 3.63) is 64.8 Å². The molecule has 6 nitrogen and oxygen atoms in total. The van der Waals surface area contributed by atoms with Crippen LogP contribution in [0.5, 0.6) is 5.75 Å². The van der Waals surface area contributed by atoms with Gasteiger partial charge in [0.15, 0.2) is 4.32 Å². The monoisotopic (exact) mass is 371 g/mol. The Kier molecular flexibility index (Phi) is 5.11. The molecule has 0 spiro atoms. The molecule has 1 saturated heterocycles. The number of carbonyl (C=O) groups is 2. The number of hydrogen-bond donors (Lipinski definition) is 1. The van der Waals surface area contributed by atoms with Crippen LogP contribution in [0.25, 0.3) is 6.08 Å². The zero-order chi connectivity index (χ0) is 17.8. The highest BCUT2D eigenvalue weighted by atomic mass is 32.2. The molecule has 2 heterocycles. The molecule has 1 aliphatic rings. The van der Waals surface area contributed by atoms with Crippen LogP contribution in [-0.2, 0) is 4.79 Å². The highest BCUT2D eigenvalue weighted by Gasteiger charge is 2.33. The van der Waals surface area contributed by atoms with E-state index >= 15 is 0 Å². The van der Waals surface area contributed by atoms with Gasteiger partial charge in [0.25, 0.3) is 11.8 Å². The molecular weight excluding hydrogens is 358 g/mol. The quantitative estimate of drug-likeness (QED) is 0.658. The minimum absolute atomic E-state index is 0.271. The van der Waals surface area contributed by atoms with Crippen LogP contribution in [-0.4, -0.2) is 33.2 Å². The first kappa shape index (κ1) is 17.1. The first-order valence-electron chi connectivity index (χ1n) is 7.21. The Balaban J connectivity index is 1.75. The molecule has 1 fully saturated rings. The van der Waals surface area contributed by atoms with Gasteiger partial charge in [0, 0.05) is 18.0 Å². The molecular formula is C17H13N3O3S2. The number of methoxy groups -OCH3 is 1. The molecule has 126 valence electrons. The van der Waals surface area contributed by atoms with Crippen LogP contribution < -0.4 is 10.2 Å². The van der Waals surface area contributed by atoms with Crippen molar-refractivity contribution in [1.29, 1.82) is 0 Å². The largest absolute Gasteiger partial charge is 0.497 e. The molecule has 3 rings (SSSR count). The molecule has 8 heteroatoms. The van der Waals surface area contributed by atoms with Crippen LogP contribution >= 0.6 is 24.0 Å². The van der Waals surface area contributed by atoms with Crippen LogP contribution in [0.15, 0.2) is 53.7 Å². The predicted molar refractivity (Wildman–Crippen MR) is 99.7 cm³/mol. The molecule has 0 saturated carbocycles. The Hall–Kier alpha value is -2.71. The van der Waals surface area contributed by atoms with E-state index in [2.05, 4.69) is 10.4 Å². The molecule has 0 unspecified atom stereocenters. The lowest BCUT2D eigenvalue weighted by Crippen LogP contribution is -2.44. The number of hydrogen-bond acceptors (Lipinski definition) is 6. The van der Waals surface area contributed by atoms with Crippen molar-refractivity contribution in [3.63, 3.8) is 0 Å². The first-order valence-corrected chi connectivity index (χ1v) is 8.44. The van der Waals surface area contributed by atoms with Crippen molar-refractivity contribution < 1.29 is 14.3 Å². The van der Waals surface area contributed by atoms with Gasteiger partial charge < -0.3 is 4.74 Å². The summed E-state index contributed by atoms with van der Waals surface area (Å²) in [5.74, 6) is -0.0630. The summed E-state index contributed by atoms with van der Waals surface area (Å²) in [4.78, 5) is 29.0. The number of aromatic nitrogens is 1. The average molecular weight is 371 g/mol. The van der Waals surface area contributed by atoms with Crippen molar-refractivity contribution in [3.8, 4) is 5.75 Å². The molecule has 0 aliphatic carbocycles. The Bertz CT molecular complexity index is 851. The first-order chi connectivity index (χ1) is 12.1. The highest BCUT2D eigenvalue weighted by molar-refractivity contribution is 8.26. The third-order valence-electron chi connectivity index (χ3n) is 3.36. The number of thioether (sulfide) groups is 1. The van der Waals surface area contributed by atoms with Crippen molar-refractivity contribution >= 4 is 46.2 Å². The maximum absolute atomic E-state index is 12.5. The lowest BCUT2D eigenvalue weighted by molar-refractivity contribution is -0.123. The molecule has 0 atom stereocenters. The fourth-order valence-corrected chi connectivity index (χ4v) is 3.26. The molecule has 2 aromatic rings. The Labute approximate surface area is 153 Å². The third-order valence-corrected chi connectivity index (χ3v) is 4.67. The number of carbonyl (C=O) groups excluding carboxylic acids is 2. The van der Waals surface area contributed by atoms with Crippen LogP contribution in [0.4, 0.5) is 0 Å². The van der Waals surface area contributed by atoms with E-state index in [4.69, 9.17) is 17.0 Å². The van der Waals surface area contributed by atoms with Gasteiger partial charge >= 0.3 is 0 Å². The highest BCUT2D eigenvalue weighted by Crippen LogP contribution is 2.31. The molecule has 1 aliphatic heterocycles. The number of hydrazine groups is 1. The van der Waals surface area contributed by atoms with E-state index in [9.17, 15) is 9.59 Å². The van der Waals surface area contributed by atoms with Crippen LogP contribution in [0, 0.1) is 0 Å². The summed E-state index contributed by atoms with van der Waals surface area (Å²) in [6.45, 7) is 0. The maximum Gasteiger partial charge on any atom is 0.285 e. The fourth-order valence-electron chi connectivity index (χ4n) is 2.08. The van der Waals surface area contributed by atoms with Gasteiger partial charge in [-0.1, -0.05) is 23.9 Å². The smallest absolute Gasteiger partial charge is 0.285 e. The number of ether oxygens (including phenoxy) is 1. The van der Waals surface area contributed by atoms with Crippen LogP contribution in [0.3, 0.4) is 0 Å². The van der Waals surface area contributed by atoms with E-state index in [1.807, 2.05) is 12.1 Å². The summed E-state index contributed by atoms with van der Waals surface area (Å²) in [5.41, 5.74) is 3.75. The third kappa shape index (κ3) is 3.86. The van der Waals surface area contributed by atoms with Crippen LogP contribution in [0.1, 0.15) is 15.9 Å². The van der Waals surface area contributed by atoms with Crippen LogP contribution in [0.2, 0.25) is 0 Å². The minimum atomic E-state index is -0.426. The second-order valence-electron chi connectivity index (χ2n) is 4.97. The zero-order valence-electron chi connectivity index (χ0n) is 13.1. The van der Waals surface area contributed by atoms with Gasteiger partial charge in [0.1, 0.15) is 5.75 Å². The second-order valence-corrected chi connectivity index (χ2v) is 6.64. The summed E-state index contributed by atoms with van der Waals surface area (Å²) < 4.78 is 5.38. The number of amides is 2. The minimum Gasteiger partial charge on any atom is -0.497 e. The summed E-state index contributed by atoms with van der Waals surface area (Å²) in [6.07, 6.45) is 4.73. The molecule has 1 aromatic carbocycles. The lowest BCUT2D eigenvalue weighted by Gasteiger charge is -2.15. The Morgan fingerprint density at radius 1 is 1.24 bits per heavy atom. The van der Waals surface area contributed by atoms with Crippen molar-refractivity contribution in [2.45, 2.75) is 0 Å². The summed E-state index contributed by atoms with van der Waals surface area (Å²) in [5, 5.41) is 1.08. The molecule has 0 radical (unpaired) electrons. The topological polar surface area (TPSA) is 71.5 Å². The summed E-state index contributed by atoms with van der Waals surface area (Å²) in [7, 11) is 1.59. The average Bonchev–Trinajstić information content (AvgIpc) is 2.90. The van der Waals surface area contributed by atoms with Gasteiger partial charge in [0.2, 0.25) is 0 Å². The van der Waals surface area contributed by atoms with E-state index in [1.165, 1.54) is 12.4 Å². The van der Waals surface area contributed by atoms with Crippen molar-refractivity contribution in [2.24, 2.45) is 0 Å². The standard InChI is InChI=1S/C17H13N3O3S2/c1-23-13-4-2-11(3-5-13)10-14-16(22)20(17(24)25-14)19-15(21)12-6-8-18-9-7-12/h2-10H,1H3,(H,19,21)/b14-10+. The van der Waals surface area contributed by atoms with E-state index in [-0.39, 0.29) is 10.2 Å². The van der Waals surface area contributed by atoms with Gasteiger partial charge in [-0.2, -0.15) is 5.01 Å². The maximum atomic E-state index is 12.5. The number of rotatable bonds is 4. The predicted octanol–water partition coefficient (Wildman–Crippen LogP) is 2.64. The molecule has 1 N–H and O–H groups in total. The van der Waals surface area contributed by atoms with Gasteiger partial charge in [-0.25, -0.2) is 0 Å². The van der Waals surface area contributed by atoms with E-state index in [1.54, 1.807) is 37.5 Å². The SMILES string of the molecule is COc1ccc(/C=C2/SC(=S)N(NC(=O)c3ccncc3)C2=O)cc1. The second kappa shape index (κ2) is 7.45. The van der Waals surface area contributed by atoms with Gasteiger partial charge in [-0.15, -0.1) is 0 Å². The Morgan fingerprint density at radius 3 is 2.56 bits per heavy atom. The van der Waals surface area contributed by atoms with E-state index in [0.29, 0.717) is 10.5 Å². The fraction of sp³-hybridized carbons (Fsp3) is 0.0588. The Morgan fingerprint density at radius 2 is 1.92 bits per heavy atom.